The third-order valence-electron chi connectivity index (χ3n) is 4.91. The predicted molar refractivity (Wildman–Crippen MR) is 124 cm³/mol. The number of rotatable bonds is 6. The van der Waals surface area contributed by atoms with Gasteiger partial charge >= 0.3 is 6.03 Å². The van der Waals surface area contributed by atoms with Gasteiger partial charge in [-0.3, -0.25) is 30.0 Å². The summed E-state index contributed by atoms with van der Waals surface area (Å²) >= 11 is 0. The maximum Gasteiger partial charge on any atom is 0.316 e. The number of urea groups is 1. The first-order chi connectivity index (χ1) is 17.2. The Hall–Kier alpha value is -3.05. The van der Waals surface area contributed by atoms with E-state index in [0.717, 1.165) is 0 Å². The Balaban J connectivity index is 2.97. The van der Waals surface area contributed by atoms with Crippen molar-refractivity contribution < 1.29 is 43.7 Å². The maximum absolute atomic E-state index is 12.6. The summed E-state index contributed by atoms with van der Waals surface area (Å²) < 4.78 is 10.4. The Kier molecular flexibility index (Phi) is 15.0. The van der Waals surface area contributed by atoms with Gasteiger partial charge < -0.3 is 46.7 Å². The van der Waals surface area contributed by atoms with Crippen molar-refractivity contribution in [3.05, 3.63) is 0 Å². The molecule has 1 aliphatic heterocycles. The summed E-state index contributed by atoms with van der Waals surface area (Å²) in [5.41, 5.74) is 9.69. The normalized spacial score (nSPS) is 25.1. The fourth-order valence-corrected chi connectivity index (χ4v) is 2.98. The van der Waals surface area contributed by atoms with E-state index in [9.17, 15) is 34.2 Å². The minimum absolute atomic E-state index is 0.0387. The predicted octanol–water partition coefficient (Wildman–Crippen LogP) is -4.68. The fourth-order valence-electron chi connectivity index (χ4n) is 2.98. The highest BCUT2D eigenvalue weighted by molar-refractivity contribution is 5.92. The van der Waals surface area contributed by atoms with E-state index in [2.05, 4.69) is 32.1 Å². The molecule has 36 heavy (non-hydrogen) atoms. The summed E-state index contributed by atoms with van der Waals surface area (Å²) in [7, 11) is 0. The minimum Gasteiger partial charge on any atom is -0.394 e. The second kappa shape index (κ2) is 17.4. The van der Waals surface area contributed by atoms with Crippen LogP contribution in [0.25, 0.3) is 0 Å². The van der Waals surface area contributed by atoms with Crippen LogP contribution in [0, 0.1) is 0 Å². The number of hydrogen-bond acceptors (Lipinski definition) is 10. The van der Waals surface area contributed by atoms with Gasteiger partial charge in [0.15, 0.2) is 0 Å². The topological polar surface area (TPSA) is 242 Å². The van der Waals surface area contributed by atoms with E-state index in [0.29, 0.717) is 19.4 Å². The van der Waals surface area contributed by atoms with Crippen LogP contribution in [-0.4, -0.2) is 110 Å². The molecule has 1 heterocycles. The molecule has 0 aromatic heterocycles. The lowest BCUT2D eigenvalue weighted by Gasteiger charge is -2.24. The molecular weight excluding hydrogens is 482 g/mol. The summed E-state index contributed by atoms with van der Waals surface area (Å²) in [6.45, 7) is 0.812. The molecule has 6 amide bonds. The third kappa shape index (κ3) is 12.1. The first-order valence-electron chi connectivity index (χ1n) is 11.6. The maximum atomic E-state index is 12.6. The second-order valence-electron chi connectivity index (χ2n) is 7.91. The molecule has 0 spiro atoms. The van der Waals surface area contributed by atoms with Crippen LogP contribution in [0.5, 0.6) is 0 Å². The molecule has 16 heteroatoms. The number of unbranched alkanes of at least 4 members (excludes halogenated alkanes) is 1. The molecule has 4 atom stereocenters. The van der Waals surface area contributed by atoms with E-state index in [4.69, 9.17) is 15.2 Å². The van der Waals surface area contributed by atoms with Crippen molar-refractivity contribution in [2.24, 2.45) is 5.73 Å². The van der Waals surface area contributed by atoms with E-state index in [1.165, 1.54) is 6.92 Å². The highest BCUT2D eigenvalue weighted by Crippen LogP contribution is 2.02. The molecule has 16 nitrogen and oxygen atoms in total. The summed E-state index contributed by atoms with van der Waals surface area (Å²) in [6.07, 6.45) is -0.0950. The highest BCUT2D eigenvalue weighted by atomic mass is 16.5. The number of ether oxygens (including phenoxy) is 2. The number of hydrogen-bond donors (Lipinski definition) is 9. The van der Waals surface area contributed by atoms with Gasteiger partial charge in [-0.2, -0.15) is 0 Å². The van der Waals surface area contributed by atoms with Gasteiger partial charge in [0.25, 0.3) is 11.8 Å². The molecule has 0 saturated carbocycles. The number of carbonyl (C=O) groups excluding carboxylic acids is 5. The van der Waals surface area contributed by atoms with Crippen LogP contribution < -0.4 is 37.9 Å². The number of aliphatic hydroxyl groups is 2. The van der Waals surface area contributed by atoms with Crippen molar-refractivity contribution in [3.8, 4) is 0 Å². The fraction of sp³-hybridized carbons (Fsp3) is 0.750. The molecule has 0 aromatic rings. The van der Waals surface area contributed by atoms with Crippen molar-refractivity contribution in [2.75, 3.05) is 46.1 Å². The van der Waals surface area contributed by atoms with Crippen LogP contribution in [0.4, 0.5) is 4.79 Å². The SMILES string of the molecule is CC(O)C1NC(=O)N[C@@H](CCCCN)C(=O)NNC(=O)[C@H](CO)NC(=O)COCCOCCNC1=O. The van der Waals surface area contributed by atoms with Gasteiger partial charge in [-0.05, 0) is 32.7 Å². The van der Waals surface area contributed by atoms with Crippen LogP contribution in [0.2, 0.25) is 0 Å². The zero-order valence-electron chi connectivity index (χ0n) is 20.2. The molecule has 206 valence electrons. The van der Waals surface area contributed by atoms with Crippen LogP contribution in [-0.2, 0) is 28.7 Å². The Labute approximate surface area is 208 Å². The summed E-state index contributed by atoms with van der Waals surface area (Å²) in [5.74, 6) is -3.07. The average Bonchev–Trinajstić information content (AvgIpc) is 2.84. The lowest BCUT2D eigenvalue weighted by atomic mass is 10.1. The number of aliphatic hydroxyl groups excluding tert-OH is 2. The average molecular weight is 520 g/mol. The minimum atomic E-state index is -1.37. The molecule has 1 aliphatic rings. The molecule has 1 rings (SSSR count). The Bertz CT molecular complexity index is 738. The Morgan fingerprint density at radius 2 is 1.58 bits per heavy atom. The van der Waals surface area contributed by atoms with Gasteiger partial charge in [0.1, 0.15) is 24.7 Å². The Morgan fingerprint density at radius 3 is 2.22 bits per heavy atom. The van der Waals surface area contributed by atoms with E-state index >= 15 is 0 Å². The lowest BCUT2D eigenvalue weighted by molar-refractivity contribution is -0.135. The van der Waals surface area contributed by atoms with Crippen molar-refractivity contribution >= 4 is 29.7 Å². The van der Waals surface area contributed by atoms with Gasteiger partial charge in [-0.15, -0.1) is 0 Å². The Morgan fingerprint density at radius 1 is 0.917 bits per heavy atom. The summed E-state index contributed by atoms with van der Waals surface area (Å²) in [6, 6.07) is -4.75. The standard InChI is InChI=1S/C20H37N7O9/c1-12(29)16-19(33)22-6-7-35-8-9-36-11-15(30)23-14(10-28)18(32)27-26-17(31)13(4-2-3-5-21)24-20(34)25-16/h12-14,16,28-29H,2-11,21H2,1H3,(H,22,33)(H,23,30)(H,26,31)(H,27,32)(H2,24,25,34)/t12?,13-,14-,16?/m0/s1. The van der Waals surface area contributed by atoms with Gasteiger partial charge in [-0.1, -0.05) is 0 Å². The third-order valence-corrected chi connectivity index (χ3v) is 4.91. The van der Waals surface area contributed by atoms with Crippen LogP contribution >= 0.6 is 0 Å². The molecule has 0 aliphatic carbocycles. The number of hydrazine groups is 1. The van der Waals surface area contributed by atoms with Crippen LogP contribution in [0.15, 0.2) is 0 Å². The number of carbonyl (C=O) groups is 5. The molecule has 1 saturated heterocycles. The second-order valence-corrected chi connectivity index (χ2v) is 7.91. The van der Waals surface area contributed by atoms with E-state index in [-0.39, 0.29) is 32.8 Å². The largest absolute Gasteiger partial charge is 0.394 e. The zero-order chi connectivity index (χ0) is 26.9. The molecule has 10 N–H and O–H groups in total. The molecular formula is C20H37N7O9. The molecule has 0 radical (unpaired) electrons. The molecule has 2 unspecified atom stereocenters. The van der Waals surface area contributed by atoms with Gasteiger partial charge in [0, 0.05) is 6.54 Å². The van der Waals surface area contributed by atoms with Crippen molar-refractivity contribution in [2.45, 2.75) is 50.4 Å². The van der Waals surface area contributed by atoms with Crippen LogP contribution in [0.1, 0.15) is 26.2 Å². The molecule has 0 bridgehead atoms. The summed E-state index contributed by atoms with van der Waals surface area (Å²) in [4.78, 5) is 61.8. The van der Waals surface area contributed by atoms with Gasteiger partial charge in [-0.25, -0.2) is 4.79 Å². The molecule has 0 aromatic carbocycles. The summed E-state index contributed by atoms with van der Waals surface area (Å²) in [5, 5.41) is 28.9. The van der Waals surface area contributed by atoms with Gasteiger partial charge in [0.05, 0.1) is 32.5 Å². The van der Waals surface area contributed by atoms with E-state index in [1.807, 2.05) is 0 Å². The van der Waals surface area contributed by atoms with Crippen molar-refractivity contribution in [3.63, 3.8) is 0 Å². The first kappa shape index (κ1) is 31.0. The first-order valence-corrected chi connectivity index (χ1v) is 11.6. The lowest BCUT2D eigenvalue weighted by Crippen LogP contribution is -2.60. The number of nitrogens with one attached hydrogen (secondary N) is 6. The van der Waals surface area contributed by atoms with Crippen molar-refractivity contribution in [1.29, 1.82) is 0 Å². The van der Waals surface area contributed by atoms with Crippen LogP contribution in [0.3, 0.4) is 0 Å². The smallest absolute Gasteiger partial charge is 0.316 e. The zero-order valence-corrected chi connectivity index (χ0v) is 20.2. The van der Waals surface area contributed by atoms with E-state index < -0.39 is 67.1 Å². The molecule has 1 fully saturated rings. The number of amides is 6. The highest BCUT2D eigenvalue weighted by Gasteiger charge is 2.28. The number of nitrogens with two attached hydrogens (primary N) is 1. The monoisotopic (exact) mass is 519 g/mol. The van der Waals surface area contributed by atoms with Crippen molar-refractivity contribution in [1.82, 2.24) is 32.1 Å². The van der Waals surface area contributed by atoms with E-state index in [1.54, 1.807) is 0 Å². The quantitative estimate of drug-likeness (QED) is 0.152. The van der Waals surface area contributed by atoms with Gasteiger partial charge in [0.2, 0.25) is 11.8 Å².